The summed E-state index contributed by atoms with van der Waals surface area (Å²) in [6.45, 7) is 0.337. The second-order valence-corrected chi connectivity index (χ2v) is 7.19. The van der Waals surface area contributed by atoms with Gasteiger partial charge < -0.3 is 9.64 Å². The Kier molecular flexibility index (Phi) is 5.08. The number of aromatic nitrogens is 1. The summed E-state index contributed by atoms with van der Waals surface area (Å²) in [7, 11) is 1.31. The Bertz CT molecular complexity index is 789. The molecular formula is C16H14Cl2N2O3S. The number of nitrogens with zero attached hydrogens (tertiary/aromatic N) is 2. The normalized spacial score (nSPS) is 13.6. The van der Waals surface area contributed by atoms with E-state index in [2.05, 4.69) is 9.72 Å². The summed E-state index contributed by atoms with van der Waals surface area (Å²) < 4.78 is 4.65. The van der Waals surface area contributed by atoms with Crippen LogP contribution >= 0.6 is 34.5 Å². The highest BCUT2D eigenvalue weighted by Gasteiger charge is 2.34. The fourth-order valence-electron chi connectivity index (χ4n) is 2.30. The minimum atomic E-state index is -0.484. The lowest BCUT2D eigenvalue weighted by Crippen LogP contribution is -2.32. The molecule has 0 spiro atoms. The van der Waals surface area contributed by atoms with Crippen LogP contribution in [0.1, 0.15) is 38.7 Å². The zero-order valence-electron chi connectivity index (χ0n) is 12.8. The van der Waals surface area contributed by atoms with Gasteiger partial charge in [-0.25, -0.2) is 9.78 Å². The molecule has 2 aromatic rings. The number of methoxy groups -OCH3 is 1. The molecule has 0 unspecified atom stereocenters. The van der Waals surface area contributed by atoms with E-state index in [1.807, 2.05) is 0 Å². The molecule has 0 saturated heterocycles. The van der Waals surface area contributed by atoms with Crippen molar-refractivity contribution in [2.45, 2.75) is 25.4 Å². The molecular weight excluding hydrogens is 371 g/mol. The van der Waals surface area contributed by atoms with E-state index in [0.717, 1.165) is 12.8 Å². The molecule has 3 rings (SSSR count). The molecule has 1 aliphatic carbocycles. The number of hydrogen-bond donors (Lipinski definition) is 0. The Morgan fingerprint density at radius 3 is 2.75 bits per heavy atom. The highest BCUT2D eigenvalue weighted by Crippen LogP contribution is 2.32. The number of thiazole rings is 1. The summed E-state index contributed by atoms with van der Waals surface area (Å²) in [5.41, 5.74) is 0.669. The van der Waals surface area contributed by atoms with Crippen LogP contribution in [-0.4, -0.2) is 34.9 Å². The third kappa shape index (κ3) is 3.71. The zero-order valence-corrected chi connectivity index (χ0v) is 15.1. The summed E-state index contributed by atoms with van der Waals surface area (Å²) in [6, 6.07) is 5.00. The van der Waals surface area contributed by atoms with Crippen LogP contribution in [0.15, 0.2) is 23.6 Å². The molecule has 0 atom stereocenters. The zero-order chi connectivity index (χ0) is 17.3. The summed E-state index contributed by atoms with van der Waals surface area (Å²) in [4.78, 5) is 30.3. The first-order valence-electron chi connectivity index (χ1n) is 7.28. The second-order valence-electron chi connectivity index (χ2n) is 5.41. The van der Waals surface area contributed by atoms with E-state index in [-0.39, 0.29) is 17.6 Å². The van der Waals surface area contributed by atoms with E-state index in [9.17, 15) is 9.59 Å². The van der Waals surface area contributed by atoms with Crippen LogP contribution in [0.3, 0.4) is 0 Å². The number of amides is 1. The van der Waals surface area contributed by atoms with E-state index in [4.69, 9.17) is 23.2 Å². The number of benzene rings is 1. The highest BCUT2D eigenvalue weighted by molar-refractivity contribution is 7.09. The molecule has 1 fully saturated rings. The number of carbonyl (C=O) groups excluding carboxylic acids is 2. The predicted molar refractivity (Wildman–Crippen MR) is 92.8 cm³/mol. The molecule has 1 heterocycles. The molecule has 0 aliphatic heterocycles. The highest BCUT2D eigenvalue weighted by atomic mass is 35.5. The van der Waals surface area contributed by atoms with Crippen molar-refractivity contribution >= 4 is 46.4 Å². The number of halogens is 2. The van der Waals surface area contributed by atoms with Crippen molar-refractivity contribution in [3.63, 3.8) is 0 Å². The lowest BCUT2D eigenvalue weighted by molar-refractivity contribution is 0.0594. The largest absolute Gasteiger partial charge is 0.464 e. The molecule has 1 aromatic carbocycles. The fraction of sp³-hybridized carbons (Fsp3) is 0.312. The predicted octanol–water partition coefficient (Wildman–Crippen LogP) is 4.04. The Labute approximate surface area is 153 Å². The van der Waals surface area contributed by atoms with Crippen LogP contribution in [0.25, 0.3) is 0 Å². The summed E-state index contributed by atoms with van der Waals surface area (Å²) in [5.74, 6) is -0.642. The van der Waals surface area contributed by atoms with Gasteiger partial charge in [0.25, 0.3) is 5.91 Å². The van der Waals surface area contributed by atoms with Gasteiger partial charge in [-0.1, -0.05) is 23.2 Å². The lowest BCUT2D eigenvalue weighted by atomic mass is 10.2. The minimum absolute atomic E-state index is 0.158. The van der Waals surface area contributed by atoms with Crippen LogP contribution in [0.5, 0.6) is 0 Å². The maximum Gasteiger partial charge on any atom is 0.357 e. The van der Waals surface area contributed by atoms with E-state index in [0.29, 0.717) is 27.2 Å². The van der Waals surface area contributed by atoms with Crippen LogP contribution in [-0.2, 0) is 11.3 Å². The Morgan fingerprint density at radius 1 is 1.38 bits per heavy atom. The van der Waals surface area contributed by atoms with Crippen LogP contribution in [0.2, 0.25) is 10.0 Å². The summed E-state index contributed by atoms with van der Waals surface area (Å²) in [5, 5.41) is 3.12. The maximum atomic E-state index is 12.8. The Morgan fingerprint density at radius 2 is 2.12 bits per heavy atom. The Balaban J connectivity index is 1.81. The van der Waals surface area contributed by atoms with Crippen LogP contribution in [0.4, 0.5) is 0 Å². The quantitative estimate of drug-likeness (QED) is 0.729. The van der Waals surface area contributed by atoms with Gasteiger partial charge in [0.05, 0.1) is 24.2 Å². The number of hydrogen-bond acceptors (Lipinski definition) is 5. The third-order valence-electron chi connectivity index (χ3n) is 3.66. The third-order valence-corrected chi connectivity index (χ3v) is 5.04. The minimum Gasteiger partial charge on any atom is -0.464 e. The maximum absolute atomic E-state index is 12.8. The molecule has 1 aromatic heterocycles. The average Bonchev–Trinajstić information content (AvgIpc) is 3.29. The first-order valence-corrected chi connectivity index (χ1v) is 8.92. The average molecular weight is 385 g/mol. The van der Waals surface area contributed by atoms with E-state index >= 15 is 0 Å². The fourth-order valence-corrected chi connectivity index (χ4v) is 3.55. The molecule has 0 bridgehead atoms. The molecule has 126 valence electrons. The molecule has 1 amide bonds. The van der Waals surface area contributed by atoms with Gasteiger partial charge in [-0.05, 0) is 31.0 Å². The van der Waals surface area contributed by atoms with E-state index in [1.54, 1.807) is 28.5 Å². The monoisotopic (exact) mass is 384 g/mol. The van der Waals surface area contributed by atoms with Gasteiger partial charge in [-0.2, -0.15) is 0 Å². The first-order chi connectivity index (χ1) is 11.5. The molecule has 8 heteroatoms. The summed E-state index contributed by atoms with van der Waals surface area (Å²) in [6.07, 6.45) is 1.90. The van der Waals surface area contributed by atoms with Crippen molar-refractivity contribution in [3.05, 3.63) is 49.9 Å². The van der Waals surface area contributed by atoms with Crippen molar-refractivity contribution in [2.75, 3.05) is 7.11 Å². The first kappa shape index (κ1) is 17.2. The standard InChI is InChI=1S/C16H14Cl2N2O3S/c1-23-16(22)13-8-24-14(19-13)7-20(10-3-4-10)15(21)11-5-2-9(17)6-12(11)18/h2,5-6,8,10H,3-4,7H2,1H3. The Hall–Kier alpha value is -1.63. The van der Waals surface area contributed by atoms with Gasteiger partial charge >= 0.3 is 5.97 Å². The van der Waals surface area contributed by atoms with E-state index < -0.39 is 5.97 Å². The van der Waals surface area contributed by atoms with Gasteiger partial charge in [0.2, 0.25) is 0 Å². The van der Waals surface area contributed by atoms with Gasteiger partial charge in [0.15, 0.2) is 5.69 Å². The van der Waals surface area contributed by atoms with Gasteiger partial charge in [0, 0.05) is 16.4 Å². The topological polar surface area (TPSA) is 59.5 Å². The van der Waals surface area contributed by atoms with Gasteiger partial charge in [0.1, 0.15) is 5.01 Å². The molecule has 0 N–H and O–H groups in total. The molecule has 1 aliphatic rings. The molecule has 5 nitrogen and oxygen atoms in total. The van der Waals surface area contributed by atoms with Gasteiger partial charge in [-0.3, -0.25) is 4.79 Å². The van der Waals surface area contributed by atoms with Crippen molar-refractivity contribution in [3.8, 4) is 0 Å². The smallest absolute Gasteiger partial charge is 0.357 e. The second kappa shape index (κ2) is 7.09. The molecule has 1 saturated carbocycles. The van der Waals surface area contributed by atoms with Crippen molar-refractivity contribution in [2.24, 2.45) is 0 Å². The van der Waals surface area contributed by atoms with E-state index in [1.165, 1.54) is 18.4 Å². The number of rotatable bonds is 5. The summed E-state index contributed by atoms with van der Waals surface area (Å²) >= 11 is 13.4. The number of esters is 1. The molecule has 0 radical (unpaired) electrons. The number of ether oxygens (including phenoxy) is 1. The van der Waals surface area contributed by atoms with Crippen LogP contribution < -0.4 is 0 Å². The number of carbonyl (C=O) groups is 2. The van der Waals surface area contributed by atoms with Crippen molar-refractivity contribution in [1.82, 2.24) is 9.88 Å². The van der Waals surface area contributed by atoms with Crippen LogP contribution in [0, 0.1) is 0 Å². The lowest BCUT2D eigenvalue weighted by Gasteiger charge is -2.22. The molecule has 24 heavy (non-hydrogen) atoms. The SMILES string of the molecule is COC(=O)c1csc(CN(C(=O)c2ccc(Cl)cc2Cl)C2CC2)n1. The van der Waals surface area contributed by atoms with Crippen molar-refractivity contribution in [1.29, 1.82) is 0 Å². The van der Waals surface area contributed by atoms with Crippen molar-refractivity contribution < 1.29 is 14.3 Å². The van der Waals surface area contributed by atoms with Gasteiger partial charge in [-0.15, -0.1) is 11.3 Å².